The third-order valence-electron chi connectivity index (χ3n) is 4.73. The molecule has 3 heteroatoms. The lowest BCUT2D eigenvalue weighted by Gasteiger charge is -2.12. The summed E-state index contributed by atoms with van der Waals surface area (Å²) in [7, 11) is 0. The van der Waals surface area contributed by atoms with Gasteiger partial charge in [-0.1, -0.05) is 72.8 Å². The number of carbonyl (C=O) groups is 1. The molecule has 128 valence electrons. The van der Waals surface area contributed by atoms with Crippen molar-refractivity contribution >= 4 is 38.5 Å². The molecule has 0 atom stereocenters. The van der Waals surface area contributed by atoms with Crippen molar-refractivity contribution in [1.82, 2.24) is 4.98 Å². The zero-order valence-electron chi connectivity index (χ0n) is 14.4. The second kappa shape index (κ2) is 6.22. The van der Waals surface area contributed by atoms with Gasteiger partial charge in [-0.3, -0.25) is 0 Å². The van der Waals surface area contributed by atoms with Crippen LogP contribution in [0.5, 0.6) is 5.75 Å². The van der Waals surface area contributed by atoms with Crippen molar-refractivity contribution in [3.63, 3.8) is 0 Å². The van der Waals surface area contributed by atoms with Crippen LogP contribution in [0.25, 0.3) is 32.6 Å². The number of hydrogen-bond donors (Lipinski definition) is 0. The summed E-state index contributed by atoms with van der Waals surface area (Å²) in [6.45, 7) is 0. The van der Waals surface area contributed by atoms with Crippen LogP contribution in [0.15, 0.2) is 91.0 Å². The molecule has 5 aromatic rings. The SMILES string of the molecule is O=C(Oc1ccccc1)c1c2ccccc2nc2c1ccc1ccccc12. The first kappa shape index (κ1) is 15.5. The molecule has 0 radical (unpaired) electrons. The molecule has 0 unspecified atom stereocenters. The molecule has 0 aliphatic rings. The summed E-state index contributed by atoms with van der Waals surface area (Å²) in [4.78, 5) is 18.0. The Hall–Kier alpha value is -3.72. The Morgan fingerprint density at radius 2 is 1.37 bits per heavy atom. The van der Waals surface area contributed by atoms with Gasteiger partial charge in [-0.05, 0) is 23.6 Å². The van der Waals surface area contributed by atoms with Crippen LogP contribution in [-0.4, -0.2) is 11.0 Å². The van der Waals surface area contributed by atoms with Gasteiger partial charge in [-0.2, -0.15) is 0 Å². The predicted molar refractivity (Wildman–Crippen MR) is 108 cm³/mol. The van der Waals surface area contributed by atoms with Crippen LogP contribution in [0, 0.1) is 0 Å². The molecule has 0 saturated heterocycles. The quantitative estimate of drug-likeness (QED) is 0.176. The third kappa shape index (κ3) is 2.61. The van der Waals surface area contributed by atoms with E-state index in [0.717, 1.165) is 32.6 Å². The Balaban J connectivity index is 1.82. The van der Waals surface area contributed by atoms with Gasteiger partial charge in [0.15, 0.2) is 0 Å². The van der Waals surface area contributed by atoms with E-state index in [1.54, 1.807) is 12.1 Å². The lowest BCUT2D eigenvalue weighted by atomic mass is 9.99. The lowest BCUT2D eigenvalue weighted by molar-refractivity contribution is 0.0739. The third-order valence-corrected chi connectivity index (χ3v) is 4.73. The molecule has 0 aliphatic carbocycles. The number of ether oxygens (including phenoxy) is 1. The molecule has 1 heterocycles. The molecule has 27 heavy (non-hydrogen) atoms. The summed E-state index contributed by atoms with van der Waals surface area (Å²) in [6, 6.07) is 28.9. The van der Waals surface area contributed by atoms with Gasteiger partial charge >= 0.3 is 5.97 Å². The Labute approximate surface area is 155 Å². The molecular formula is C24H15NO2. The Kier molecular flexibility index (Phi) is 3.58. The van der Waals surface area contributed by atoms with Gasteiger partial charge in [-0.25, -0.2) is 9.78 Å². The molecule has 0 amide bonds. The molecule has 0 bridgehead atoms. The van der Waals surface area contributed by atoms with Crippen LogP contribution in [0.4, 0.5) is 0 Å². The van der Waals surface area contributed by atoms with Crippen molar-refractivity contribution < 1.29 is 9.53 Å². The minimum atomic E-state index is -0.375. The summed E-state index contributed by atoms with van der Waals surface area (Å²) in [5, 5.41) is 3.71. The highest BCUT2D eigenvalue weighted by Crippen LogP contribution is 2.31. The van der Waals surface area contributed by atoms with Gasteiger partial charge in [0.2, 0.25) is 0 Å². The number of fused-ring (bicyclic) bond motifs is 4. The molecule has 0 aliphatic heterocycles. The normalized spacial score (nSPS) is 11.1. The van der Waals surface area contributed by atoms with Crippen molar-refractivity contribution in [2.45, 2.75) is 0 Å². The predicted octanol–water partition coefficient (Wildman–Crippen LogP) is 5.76. The molecule has 0 N–H and O–H groups in total. The molecule has 0 spiro atoms. The molecule has 5 rings (SSSR count). The van der Waals surface area contributed by atoms with Crippen LogP contribution in [0.2, 0.25) is 0 Å². The van der Waals surface area contributed by atoms with Crippen LogP contribution in [0.3, 0.4) is 0 Å². The van der Waals surface area contributed by atoms with Gasteiger partial charge in [0.05, 0.1) is 16.6 Å². The highest BCUT2D eigenvalue weighted by molar-refractivity contribution is 6.19. The molecule has 0 fully saturated rings. The van der Waals surface area contributed by atoms with E-state index in [0.29, 0.717) is 11.3 Å². The van der Waals surface area contributed by atoms with Crippen molar-refractivity contribution in [1.29, 1.82) is 0 Å². The first-order valence-electron chi connectivity index (χ1n) is 8.79. The summed E-state index contributed by atoms with van der Waals surface area (Å²) >= 11 is 0. The number of esters is 1. The Morgan fingerprint density at radius 3 is 2.22 bits per heavy atom. The van der Waals surface area contributed by atoms with Gasteiger partial charge < -0.3 is 4.74 Å². The van der Waals surface area contributed by atoms with E-state index in [1.165, 1.54) is 0 Å². The highest BCUT2D eigenvalue weighted by atomic mass is 16.5. The standard InChI is InChI=1S/C24H15NO2/c26-24(27-17-9-2-1-3-10-17)22-19-12-6-7-13-21(19)25-23-18-11-5-4-8-16(18)14-15-20(22)23/h1-15H. The minimum Gasteiger partial charge on any atom is -0.423 e. The van der Waals surface area contributed by atoms with E-state index in [9.17, 15) is 4.79 Å². The van der Waals surface area contributed by atoms with Gasteiger partial charge in [0, 0.05) is 16.2 Å². The number of pyridine rings is 1. The number of rotatable bonds is 2. The topological polar surface area (TPSA) is 39.2 Å². The zero-order chi connectivity index (χ0) is 18.2. The maximum atomic E-state index is 13.1. The second-order valence-corrected chi connectivity index (χ2v) is 6.39. The number of para-hydroxylation sites is 2. The van der Waals surface area contributed by atoms with E-state index in [4.69, 9.17) is 9.72 Å². The maximum Gasteiger partial charge on any atom is 0.344 e. The molecule has 0 saturated carbocycles. The van der Waals surface area contributed by atoms with Crippen molar-refractivity contribution in [2.75, 3.05) is 0 Å². The number of benzene rings is 4. The van der Waals surface area contributed by atoms with E-state index in [-0.39, 0.29) is 5.97 Å². The summed E-state index contributed by atoms with van der Waals surface area (Å²) in [6.07, 6.45) is 0. The van der Waals surface area contributed by atoms with E-state index >= 15 is 0 Å². The van der Waals surface area contributed by atoms with Crippen LogP contribution in [-0.2, 0) is 0 Å². The second-order valence-electron chi connectivity index (χ2n) is 6.39. The van der Waals surface area contributed by atoms with Crippen LogP contribution >= 0.6 is 0 Å². The van der Waals surface area contributed by atoms with E-state index < -0.39 is 0 Å². The van der Waals surface area contributed by atoms with E-state index in [1.807, 2.05) is 78.9 Å². The smallest absolute Gasteiger partial charge is 0.344 e. The lowest BCUT2D eigenvalue weighted by Crippen LogP contribution is -2.10. The van der Waals surface area contributed by atoms with Crippen molar-refractivity contribution in [2.24, 2.45) is 0 Å². The monoisotopic (exact) mass is 349 g/mol. The molecular weight excluding hydrogens is 334 g/mol. The van der Waals surface area contributed by atoms with Crippen molar-refractivity contribution in [3.8, 4) is 5.75 Å². The maximum absolute atomic E-state index is 13.1. The first-order valence-corrected chi connectivity index (χ1v) is 8.79. The fraction of sp³-hybridized carbons (Fsp3) is 0. The minimum absolute atomic E-state index is 0.375. The first-order chi connectivity index (χ1) is 13.3. The molecule has 3 nitrogen and oxygen atoms in total. The fourth-order valence-corrected chi connectivity index (χ4v) is 3.49. The summed E-state index contributed by atoms with van der Waals surface area (Å²) in [5.74, 6) is 0.150. The Morgan fingerprint density at radius 1 is 0.667 bits per heavy atom. The average molecular weight is 349 g/mol. The number of carbonyl (C=O) groups excluding carboxylic acids is 1. The summed E-state index contributed by atoms with van der Waals surface area (Å²) < 4.78 is 5.66. The largest absolute Gasteiger partial charge is 0.423 e. The zero-order valence-corrected chi connectivity index (χ0v) is 14.4. The molecule has 4 aromatic carbocycles. The number of hydrogen-bond acceptors (Lipinski definition) is 3. The van der Waals surface area contributed by atoms with E-state index in [2.05, 4.69) is 0 Å². The van der Waals surface area contributed by atoms with Crippen molar-refractivity contribution in [3.05, 3.63) is 96.6 Å². The Bertz CT molecular complexity index is 1310. The van der Waals surface area contributed by atoms with Gasteiger partial charge in [0.1, 0.15) is 5.75 Å². The van der Waals surface area contributed by atoms with Crippen LogP contribution < -0.4 is 4.74 Å². The highest BCUT2D eigenvalue weighted by Gasteiger charge is 2.19. The average Bonchev–Trinajstić information content (AvgIpc) is 2.72. The van der Waals surface area contributed by atoms with Gasteiger partial charge in [0.25, 0.3) is 0 Å². The number of aromatic nitrogens is 1. The summed E-state index contributed by atoms with van der Waals surface area (Å²) in [5.41, 5.74) is 2.14. The van der Waals surface area contributed by atoms with Crippen LogP contribution in [0.1, 0.15) is 10.4 Å². The van der Waals surface area contributed by atoms with Gasteiger partial charge in [-0.15, -0.1) is 0 Å². The fourth-order valence-electron chi connectivity index (χ4n) is 3.49. The molecule has 1 aromatic heterocycles. The number of nitrogens with zero attached hydrogens (tertiary/aromatic N) is 1.